The van der Waals surface area contributed by atoms with Crippen molar-refractivity contribution in [2.45, 2.75) is 72.5 Å². The van der Waals surface area contributed by atoms with E-state index in [1.54, 1.807) is 4.57 Å². The van der Waals surface area contributed by atoms with E-state index >= 15 is 0 Å². The number of carbonyl (C=O) groups excluding carboxylic acids is 1. The summed E-state index contributed by atoms with van der Waals surface area (Å²) < 4.78 is 8.81. The molecule has 0 radical (unpaired) electrons. The highest BCUT2D eigenvalue weighted by Gasteiger charge is 2.21. The first-order valence-corrected chi connectivity index (χ1v) is 12.1. The molecular formula is C23H38N6O4. The van der Waals surface area contributed by atoms with Crippen molar-refractivity contribution in [2.75, 3.05) is 32.8 Å². The monoisotopic (exact) mass is 462 g/mol. The molecule has 1 atom stereocenters. The standard InChI is InChI=1S/C23H38N6O4/c1-5-6-9-28-21-20(22(31)26-23(28)32)29(15-16(2)3)18(25-21)7-8-19(30)24-14-17(4)27-10-12-33-13-11-27/h16-17H,5-15H2,1-4H3,(H,24,30)(H,26,31,32). The summed E-state index contributed by atoms with van der Waals surface area (Å²) in [5.41, 5.74) is -0.0348. The molecule has 0 aromatic carbocycles. The van der Waals surface area contributed by atoms with Crippen LogP contribution in [0.5, 0.6) is 0 Å². The molecule has 2 aromatic rings. The maximum absolute atomic E-state index is 12.7. The van der Waals surface area contributed by atoms with Crippen LogP contribution in [-0.4, -0.2) is 68.8 Å². The van der Waals surface area contributed by atoms with Crippen LogP contribution in [0.4, 0.5) is 0 Å². The quantitative estimate of drug-likeness (QED) is 0.517. The maximum atomic E-state index is 12.7. The highest BCUT2D eigenvalue weighted by Crippen LogP contribution is 2.16. The first kappa shape index (κ1) is 25.2. The van der Waals surface area contributed by atoms with Gasteiger partial charge in [0, 0.05) is 51.6 Å². The van der Waals surface area contributed by atoms with Gasteiger partial charge in [-0.15, -0.1) is 0 Å². The van der Waals surface area contributed by atoms with Gasteiger partial charge in [-0.3, -0.25) is 24.0 Å². The number of hydrogen-bond donors (Lipinski definition) is 2. The van der Waals surface area contributed by atoms with Crippen LogP contribution in [-0.2, 0) is 29.0 Å². The van der Waals surface area contributed by atoms with Crippen molar-refractivity contribution >= 4 is 17.1 Å². The van der Waals surface area contributed by atoms with Crippen molar-refractivity contribution in [3.05, 3.63) is 26.7 Å². The molecule has 1 fully saturated rings. The van der Waals surface area contributed by atoms with Crippen molar-refractivity contribution in [3.8, 4) is 0 Å². The number of nitrogens with zero attached hydrogens (tertiary/aromatic N) is 4. The number of amides is 1. The fraction of sp³-hybridized carbons (Fsp3) is 0.739. The lowest BCUT2D eigenvalue weighted by atomic mass is 10.2. The van der Waals surface area contributed by atoms with Crippen LogP contribution in [0.1, 0.15) is 52.8 Å². The Labute approximate surface area is 194 Å². The summed E-state index contributed by atoms with van der Waals surface area (Å²) in [5.74, 6) is 0.895. The molecule has 1 unspecified atom stereocenters. The van der Waals surface area contributed by atoms with E-state index in [0.29, 0.717) is 43.0 Å². The number of ether oxygens (including phenoxy) is 1. The lowest BCUT2D eigenvalue weighted by Crippen LogP contribution is -2.47. The zero-order chi connectivity index (χ0) is 24.0. The molecule has 0 spiro atoms. The van der Waals surface area contributed by atoms with Gasteiger partial charge in [-0.05, 0) is 19.3 Å². The second-order valence-corrected chi connectivity index (χ2v) is 9.27. The number of aromatic nitrogens is 4. The molecular weight excluding hydrogens is 424 g/mol. The Morgan fingerprint density at radius 2 is 1.91 bits per heavy atom. The Hall–Kier alpha value is -2.46. The summed E-state index contributed by atoms with van der Waals surface area (Å²) in [5, 5.41) is 3.02. The predicted molar refractivity (Wildman–Crippen MR) is 128 cm³/mol. The minimum atomic E-state index is -0.434. The van der Waals surface area contributed by atoms with Gasteiger partial charge in [0.15, 0.2) is 11.2 Å². The SMILES string of the molecule is CCCCn1c(=O)[nH]c(=O)c2c1nc(CCC(=O)NCC(C)N1CCOCC1)n2CC(C)C. The van der Waals surface area contributed by atoms with Crippen LogP contribution in [0.15, 0.2) is 9.59 Å². The molecule has 1 amide bonds. The number of imidazole rings is 1. The number of carbonyl (C=O) groups is 1. The van der Waals surface area contributed by atoms with Gasteiger partial charge in [-0.1, -0.05) is 27.2 Å². The van der Waals surface area contributed by atoms with E-state index in [1.807, 2.05) is 4.57 Å². The van der Waals surface area contributed by atoms with E-state index in [1.165, 1.54) is 0 Å². The molecule has 0 saturated carbocycles. The number of unbranched alkanes of at least 4 members (excludes halogenated alkanes) is 1. The van der Waals surface area contributed by atoms with Crippen LogP contribution >= 0.6 is 0 Å². The Bertz CT molecular complexity index is 1050. The number of aromatic amines is 1. The van der Waals surface area contributed by atoms with Crippen LogP contribution in [0.3, 0.4) is 0 Å². The number of rotatable bonds is 11. The van der Waals surface area contributed by atoms with Gasteiger partial charge in [0.2, 0.25) is 5.91 Å². The van der Waals surface area contributed by atoms with Gasteiger partial charge in [-0.25, -0.2) is 9.78 Å². The average molecular weight is 463 g/mol. The molecule has 3 heterocycles. The fourth-order valence-electron chi connectivity index (χ4n) is 4.22. The van der Waals surface area contributed by atoms with Crippen LogP contribution in [0.25, 0.3) is 11.2 Å². The molecule has 10 heteroatoms. The number of H-pyrrole nitrogens is 1. The molecule has 3 rings (SSSR count). The minimum absolute atomic E-state index is 0.0458. The minimum Gasteiger partial charge on any atom is -0.379 e. The van der Waals surface area contributed by atoms with Crippen molar-refractivity contribution in [1.29, 1.82) is 0 Å². The topological polar surface area (TPSA) is 114 Å². The zero-order valence-electron chi connectivity index (χ0n) is 20.4. The molecule has 1 saturated heterocycles. The van der Waals surface area contributed by atoms with Gasteiger partial charge in [0.05, 0.1) is 13.2 Å². The van der Waals surface area contributed by atoms with Gasteiger partial charge in [-0.2, -0.15) is 0 Å². The fourth-order valence-corrected chi connectivity index (χ4v) is 4.22. The zero-order valence-corrected chi connectivity index (χ0v) is 20.4. The molecule has 2 aromatic heterocycles. The second-order valence-electron chi connectivity index (χ2n) is 9.27. The highest BCUT2D eigenvalue weighted by atomic mass is 16.5. The van der Waals surface area contributed by atoms with E-state index < -0.39 is 11.2 Å². The van der Waals surface area contributed by atoms with Gasteiger partial charge in [0.1, 0.15) is 5.82 Å². The van der Waals surface area contributed by atoms with Crippen molar-refractivity contribution in [1.82, 2.24) is 29.3 Å². The number of aryl methyl sites for hydroxylation is 2. The first-order chi connectivity index (χ1) is 15.8. The third-order valence-corrected chi connectivity index (χ3v) is 6.09. The molecule has 33 heavy (non-hydrogen) atoms. The van der Waals surface area contributed by atoms with E-state index in [9.17, 15) is 14.4 Å². The summed E-state index contributed by atoms with van der Waals surface area (Å²) in [6, 6.07) is 0.245. The highest BCUT2D eigenvalue weighted by molar-refractivity contribution is 5.76. The largest absolute Gasteiger partial charge is 0.379 e. The van der Waals surface area contributed by atoms with E-state index in [2.05, 4.69) is 47.9 Å². The maximum Gasteiger partial charge on any atom is 0.330 e. The Morgan fingerprint density at radius 3 is 2.58 bits per heavy atom. The second kappa shape index (κ2) is 11.6. The molecule has 0 bridgehead atoms. The van der Waals surface area contributed by atoms with Gasteiger partial charge >= 0.3 is 5.69 Å². The average Bonchev–Trinajstić information content (AvgIpc) is 3.14. The Kier molecular flexibility index (Phi) is 8.85. The molecule has 184 valence electrons. The summed E-state index contributed by atoms with van der Waals surface area (Å²) >= 11 is 0. The van der Waals surface area contributed by atoms with Crippen LogP contribution in [0, 0.1) is 5.92 Å². The molecule has 1 aliphatic heterocycles. The first-order valence-electron chi connectivity index (χ1n) is 12.1. The van der Waals surface area contributed by atoms with Crippen LogP contribution < -0.4 is 16.6 Å². The van der Waals surface area contributed by atoms with Crippen molar-refractivity contribution < 1.29 is 9.53 Å². The number of fused-ring (bicyclic) bond motifs is 1. The lowest BCUT2D eigenvalue weighted by Gasteiger charge is -2.32. The van der Waals surface area contributed by atoms with Crippen molar-refractivity contribution in [3.63, 3.8) is 0 Å². The Morgan fingerprint density at radius 1 is 1.18 bits per heavy atom. The summed E-state index contributed by atoms with van der Waals surface area (Å²) in [6.07, 6.45) is 2.42. The smallest absolute Gasteiger partial charge is 0.330 e. The van der Waals surface area contributed by atoms with Crippen molar-refractivity contribution in [2.24, 2.45) is 5.92 Å². The summed E-state index contributed by atoms with van der Waals surface area (Å²) in [4.78, 5) is 47.1. The third kappa shape index (κ3) is 6.32. The molecule has 2 N–H and O–H groups in total. The van der Waals surface area contributed by atoms with E-state index in [-0.39, 0.29) is 24.3 Å². The third-order valence-electron chi connectivity index (χ3n) is 6.09. The molecule has 0 aliphatic carbocycles. The van der Waals surface area contributed by atoms with Crippen LogP contribution in [0.2, 0.25) is 0 Å². The van der Waals surface area contributed by atoms with Gasteiger partial charge in [0.25, 0.3) is 5.56 Å². The predicted octanol–water partition coefficient (Wildman–Crippen LogP) is 1.11. The van der Waals surface area contributed by atoms with E-state index in [4.69, 9.17) is 4.74 Å². The molecule has 1 aliphatic rings. The molecule has 10 nitrogen and oxygen atoms in total. The lowest BCUT2D eigenvalue weighted by molar-refractivity contribution is -0.121. The summed E-state index contributed by atoms with van der Waals surface area (Å²) in [7, 11) is 0. The van der Waals surface area contributed by atoms with Gasteiger partial charge < -0.3 is 14.6 Å². The number of morpholine rings is 1. The summed E-state index contributed by atoms with van der Waals surface area (Å²) in [6.45, 7) is 13.2. The normalized spacial score (nSPS) is 15.9. The Balaban J connectivity index is 1.75. The number of nitrogens with one attached hydrogen (secondary N) is 2. The van der Waals surface area contributed by atoms with E-state index in [0.717, 1.165) is 39.1 Å². The number of hydrogen-bond acceptors (Lipinski definition) is 6.